The Bertz CT molecular complexity index is 1640. The third-order valence-corrected chi connectivity index (χ3v) is 8.73. The van der Waals surface area contributed by atoms with Crippen LogP contribution in [0.4, 0.5) is 22.0 Å². The van der Waals surface area contributed by atoms with Crippen molar-refractivity contribution in [2.75, 3.05) is 41.7 Å². The SMILES string of the molecule is CC(C)C(=O)N1CCC(n2ncc3c(N4CC5CCC(C4)O5)nc(-c4ccc(NC(=O)Nc5ccncc5)cc4)nc32)CC1. The van der Waals surface area contributed by atoms with Gasteiger partial charge in [-0.2, -0.15) is 5.10 Å². The number of benzene rings is 1. The van der Waals surface area contributed by atoms with Gasteiger partial charge in [0.15, 0.2) is 11.5 Å². The van der Waals surface area contributed by atoms with Crippen molar-refractivity contribution in [2.24, 2.45) is 5.92 Å². The second-order valence-corrected chi connectivity index (χ2v) is 12.2. The molecule has 2 atom stereocenters. The van der Waals surface area contributed by atoms with Crippen LogP contribution in [0.3, 0.4) is 0 Å². The number of anilines is 3. The molecule has 0 saturated carbocycles. The van der Waals surface area contributed by atoms with Crippen molar-refractivity contribution in [1.82, 2.24) is 29.6 Å². The second kappa shape index (κ2) is 11.8. The van der Waals surface area contributed by atoms with Crippen LogP contribution in [0.15, 0.2) is 55.0 Å². The van der Waals surface area contributed by atoms with Crippen molar-refractivity contribution in [3.63, 3.8) is 0 Å². The van der Waals surface area contributed by atoms with Gasteiger partial charge in [-0.3, -0.25) is 9.78 Å². The van der Waals surface area contributed by atoms with Crippen LogP contribution in [0.1, 0.15) is 45.6 Å². The molecule has 6 heterocycles. The number of hydrogen-bond donors (Lipinski definition) is 2. The fraction of sp³-hybridized carbons (Fsp3) is 0.438. The van der Waals surface area contributed by atoms with Crippen LogP contribution < -0.4 is 15.5 Å². The lowest BCUT2D eigenvalue weighted by Crippen LogP contribution is -2.43. The van der Waals surface area contributed by atoms with E-state index in [2.05, 4.69) is 20.5 Å². The Labute approximate surface area is 255 Å². The molecule has 3 aliphatic heterocycles. The van der Waals surface area contributed by atoms with E-state index in [-0.39, 0.29) is 36.1 Å². The first-order valence-corrected chi connectivity index (χ1v) is 15.4. The number of nitrogens with one attached hydrogen (secondary N) is 2. The summed E-state index contributed by atoms with van der Waals surface area (Å²) in [6.45, 7) is 6.91. The molecule has 1 aromatic carbocycles. The number of carbonyl (C=O) groups excluding carboxylic acids is 2. The molecule has 2 bridgehead atoms. The zero-order chi connectivity index (χ0) is 30.2. The molecule has 4 aromatic rings. The van der Waals surface area contributed by atoms with Gasteiger partial charge in [0.25, 0.3) is 0 Å². The fourth-order valence-electron chi connectivity index (χ4n) is 6.46. The van der Waals surface area contributed by atoms with Crippen LogP contribution in [0, 0.1) is 5.92 Å². The van der Waals surface area contributed by atoms with Crippen molar-refractivity contribution in [1.29, 1.82) is 0 Å². The molecule has 3 saturated heterocycles. The summed E-state index contributed by atoms with van der Waals surface area (Å²) in [4.78, 5) is 43.5. The molecule has 2 unspecified atom stereocenters. The molecule has 3 amide bonds. The monoisotopic (exact) mass is 595 g/mol. The lowest BCUT2D eigenvalue weighted by molar-refractivity contribution is -0.135. The average Bonchev–Trinajstić information content (AvgIpc) is 3.63. The van der Waals surface area contributed by atoms with Gasteiger partial charge in [-0.1, -0.05) is 13.8 Å². The number of morpholine rings is 1. The average molecular weight is 596 g/mol. The number of pyridine rings is 1. The predicted octanol–water partition coefficient (Wildman–Crippen LogP) is 4.72. The predicted molar refractivity (Wildman–Crippen MR) is 167 cm³/mol. The lowest BCUT2D eigenvalue weighted by Gasteiger charge is -2.34. The quantitative estimate of drug-likeness (QED) is 0.328. The fourth-order valence-corrected chi connectivity index (χ4v) is 6.46. The molecule has 44 heavy (non-hydrogen) atoms. The van der Waals surface area contributed by atoms with Crippen LogP contribution in [-0.4, -0.2) is 80.0 Å². The number of urea groups is 1. The van der Waals surface area contributed by atoms with Gasteiger partial charge in [-0.15, -0.1) is 0 Å². The third-order valence-electron chi connectivity index (χ3n) is 8.73. The highest BCUT2D eigenvalue weighted by molar-refractivity contribution is 5.99. The minimum atomic E-state index is -0.337. The Morgan fingerprint density at radius 1 is 0.886 bits per heavy atom. The first kappa shape index (κ1) is 28.2. The topological polar surface area (TPSA) is 130 Å². The van der Waals surface area contributed by atoms with Gasteiger partial charge in [0.1, 0.15) is 5.82 Å². The van der Waals surface area contributed by atoms with Crippen LogP contribution in [-0.2, 0) is 9.53 Å². The Morgan fingerprint density at radius 2 is 1.55 bits per heavy atom. The standard InChI is InChI=1S/C32H37N9O3/c1-20(2)31(42)39-15-11-24(12-16-39)41-30-27(17-34-41)29(40-18-25-7-8-26(19-40)44-25)37-28(38-30)21-3-5-22(6-4-21)35-32(43)36-23-9-13-33-14-10-23/h3-6,9-10,13-14,17,20,24-26H,7-8,11-12,15-16,18-19H2,1-2H3,(H2,33,35,36,43). The Morgan fingerprint density at radius 3 is 2.20 bits per heavy atom. The molecule has 3 fully saturated rings. The molecule has 7 rings (SSSR count). The number of rotatable bonds is 6. The van der Waals surface area contributed by atoms with Crippen molar-refractivity contribution in [3.05, 3.63) is 55.0 Å². The number of amides is 3. The molecular formula is C32H37N9O3. The summed E-state index contributed by atoms with van der Waals surface area (Å²) in [5.41, 5.74) is 2.96. The number of aromatic nitrogens is 5. The Balaban J connectivity index is 1.17. The van der Waals surface area contributed by atoms with Gasteiger partial charge in [-0.05, 0) is 62.1 Å². The summed E-state index contributed by atoms with van der Waals surface area (Å²) < 4.78 is 8.16. The number of carbonyl (C=O) groups is 2. The number of piperidine rings is 1. The summed E-state index contributed by atoms with van der Waals surface area (Å²) in [7, 11) is 0. The molecule has 228 valence electrons. The highest BCUT2D eigenvalue weighted by atomic mass is 16.5. The molecular weight excluding hydrogens is 558 g/mol. The lowest BCUT2D eigenvalue weighted by atomic mass is 10.0. The van der Waals surface area contributed by atoms with Crippen LogP contribution in [0.25, 0.3) is 22.4 Å². The van der Waals surface area contributed by atoms with Gasteiger partial charge >= 0.3 is 6.03 Å². The van der Waals surface area contributed by atoms with E-state index in [9.17, 15) is 9.59 Å². The summed E-state index contributed by atoms with van der Waals surface area (Å²) in [6.07, 6.45) is 9.36. The minimum Gasteiger partial charge on any atom is -0.371 e. The van der Waals surface area contributed by atoms with E-state index < -0.39 is 0 Å². The van der Waals surface area contributed by atoms with E-state index in [1.807, 2.05) is 53.9 Å². The van der Waals surface area contributed by atoms with Gasteiger partial charge in [0, 0.05) is 61.4 Å². The normalized spacial score (nSPS) is 20.3. The highest BCUT2D eigenvalue weighted by Gasteiger charge is 2.36. The number of hydrogen-bond acceptors (Lipinski definition) is 8. The largest absolute Gasteiger partial charge is 0.371 e. The maximum atomic E-state index is 12.6. The van der Waals surface area contributed by atoms with Gasteiger partial charge in [0.2, 0.25) is 5.91 Å². The van der Waals surface area contributed by atoms with Crippen molar-refractivity contribution in [3.8, 4) is 11.4 Å². The minimum absolute atomic E-state index is 0.00357. The first-order chi connectivity index (χ1) is 21.4. The first-order valence-electron chi connectivity index (χ1n) is 15.4. The van der Waals surface area contributed by atoms with Gasteiger partial charge < -0.3 is 25.2 Å². The number of fused-ring (bicyclic) bond motifs is 3. The molecule has 12 nitrogen and oxygen atoms in total. The second-order valence-electron chi connectivity index (χ2n) is 12.2. The molecule has 0 radical (unpaired) electrons. The third kappa shape index (κ3) is 5.69. The zero-order valence-electron chi connectivity index (χ0n) is 25.0. The van der Waals surface area contributed by atoms with Gasteiger partial charge in [-0.25, -0.2) is 19.4 Å². The number of likely N-dealkylation sites (tertiary alicyclic amines) is 1. The Hall–Kier alpha value is -4.58. The summed E-state index contributed by atoms with van der Waals surface area (Å²) >= 11 is 0. The van der Waals surface area contributed by atoms with Crippen molar-refractivity contribution >= 4 is 40.2 Å². The molecule has 12 heteroatoms. The zero-order valence-corrected chi connectivity index (χ0v) is 25.0. The number of nitrogens with zero attached hydrogens (tertiary/aromatic N) is 7. The molecule has 2 N–H and O–H groups in total. The smallest absolute Gasteiger partial charge is 0.323 e. The molecule has 0 aliphatic carbocycles. The van der Waals surface area contributed by atoms with Crippen LogP contribution in [0.2, 0.25) is 0 Å². The van der Waals surface area contributed by atoms with Crippen molar-refractivity contribution < 1.29 is 14.3 Å². The summed E-state index contributed by atoms with van der Waals surface area (Å²) in [5, 5.41) is 11.4. The van der Waals surface area contributed by atoms with E-state index in [1.165, 1.54) is 0 Å². The summed E-state index contributed by atoms with van der Waals surface area (Å²) in [6, 6.07) is 10.8. The van der Waals surface area contributed by atoms with Crippen LogP contribution >= 0.6 is 0 Å². The molecule has 3 aromatic heterocycles. The van der Waals surface area contributed by atoms with E-state index in [0.717, 1.165) is 61.2 Å². The molecule has 0 spiro atoms. The van der Waals surface area contributed by atoms with Gasteiger partial charge in [0.05, 0.1) is 29.8 Å². The van der Waals surface area contributed by atoms with Crippen LogP contribution in [0.5, 0.6) is 0 Å². The highest BCUT2D eigenvalue weighted by Crippen LogP contribution is 2.35. The van der Waals surface area contributed by atoms with Crippen molar-refractivity contribution in [2.45, 2.75) is 57.8 Å². The van der Waals surface area contributed by atoms with E-state index in [1.54, 1.807) is 24.5 Å². The molecule has 3 aliphatic rings. The van der Waals surface area contributed by atoms with E-state index >= 15 is 0 Å². The van der Waals surface area contributed by atoms with E-state index in [4.69, 9.17) is 19.8 Å². The Kier molecular flexibility index (Phi) is 7.59. The maximum Gasteiger partial charge on any atom is 0.323 e. The maximum absolute atomic E-state index is 12.6. The van der Waals surface area contributed by atoms with E-state index in [0.29, 0.717) is 30.3 Å². The number of ether oxygens (including phenoxy) is 1. The summed E-state index contributed by atoms with van der Waals surface area (Å²) in [5.74, 6) is 1.68.